The Morgan fingerprint density at radius 3 is 2.71 bits per heavy atom. The van der Waals surface area contributed by atoms with E-state index in [1.165, 1.54) is 5.56 Å². The van der Waals surface area contributed by atoms with Crippen molar-refractivity contribution in [2.75, 3.05) is 47.4 Å². The van der Waals surface area contributed by atoms with Gasteiger partial charge in [0.05, 0.1) is 16.6 Å². The number of ether oxygens (including phenoxy) is 1. The van der Waals surface area contributed by atoms with Gasteiger partial charge >= 0.3 is 0 Å². The normalized spacial score (nSPS) is 18.5. The Labute approximate surface area is 145 Å². The van der Waals surface area contributed by atoms with E-state index in [2.05, 4.69) is 54.0 Å². The number of nitrogens with zero attached hydrogens (tertiary/aromatic N) is 3. The smallest absolute Gasteiger partial charge is 0.108 e. The molecule has 1 N–H and O–H groups in total. The highest BCUT2D eigenvalue weighted by atomic mass is 16.5. The number of fused-ring (bicyclic) bond motifs is 1. The number of aromatic amines is 1. The molecule has 2 heterocycles. The van der Waals surface area contributed by atoms with Crippen molar-refractivity contribution in [2.24, 2.45) is 0 Å². The van der Waals surface area contributed by atoms with Crippen LogP contribution in [0.1, 0.15) is 24.2 Å². The molecule has 0 radical (unpaired) electrons. The van der Waals surface area contributed by atoms with Crippen LogP contribution in [0.15, 0.2) is 18.2 Å². The minimum atomic E-state index is 0.0247. The second kappa shape index (κ2) is 7.21. The van der Waals surface area contributed by atoms with Crippen molar-refractivity contribution >= 4 is 11.0 Å². The number of H-pyrrole nitrogens is 1. The second-order valence-electron chi connectivity index (χ2n) is 7.42. The largest absolute Gasteiger partial charge is 0.377 e. The summed E-state index contributed by atoms with van der Waals surface area (Å²) >= 11 is 0. The molecule has 0 unspecified atom stereocenters. The number of imidazole rings is 1. The number of nitrogens with one attached hydrogen (secondary N) is 1. The molecule has 5 heteroatoms. The van der Waals surface area contributed by atoms with E-state index in [0.717, 1.165) is 62.3 Å². The van der Waals surface area contributed by atoms with Crippen molar-refractivity contribution in [3.05, 3.63) is 29.6 Å². The lowest BCUT2D eigenvalue weighted by molar-refractivity contribution is -0.0698. The molecule has 3 rings (SSSR count). The van der Waals surface area contributed by atoms with Crippen LogP contribution in [0.5, 0.6) is 0 Å². The lowest BCUT2D eigenvalue weighted by atomic mass is 9.90. The number of benzene rings is 1. The summed E-state index contributed by atoms with van der Waals surface area (Å²) in [5.41, 5.74) is 3.51. The second-order valence-corrected chi connectivity index (χ2v) is 7.42. The lowest BCUT2D eigenvalue weighted by Crippen LogP contribution is -2.51. The van der Waals surface area contributed by atoms with Crippen LogP contribution in [0, 0.1) is 6.92 Å². The highest BCUT2D eigenvalue weighted by Gasteiger charge is 2.34. The van der Waals surface area contributed by atoms with Crippen LogP contribution in [-0.2, 0) is 11.2 Å². The Hall–Kier alpha value is -1.43. The van der Waals surface area contributed by atoms with Crippen LogP contribution >= 0.6 is 0 Å². The van der Waals surface area contributed by atoms with Crippen LogP contribution in [0.4, 0.5) is 0 Å². The molecule has 2 aromatic rings. The molecule has 24 heavy (non-hydrogen) atoms. The summed E-state index contributed by atoms with van der Waals surface area (Å²) < 4.78 is 5.86. The average molecular weight is 330 g/mol. The van der Waals surface area contributed by atoms with Gasteiger partial charge in [-0.2, -0.15) is 0 Å². The fourth-order valence-electron chi connectivity index (χ4n) is 3.75. The fraction of sp³-hybridized carbons (Fsp3) is 0.632. The van der Waals surface area contributed by atoms with E-state index < -0.39 is 0 Å². The predicted molar refractivity (Wildman–Crippen MR) is 98.5 cm³/mol. The number of aryl methyl sites for hydroxylation is 1. The zero-order valence-electron chi connectivity index (χ0n) is 15.4. The standard InChI is InChI=1S/C19H30N4O/c1-15-5-6-16-17(13-15)21-18(20-16)7-10-23-11-8-19(24-4,9-12-23)14-22(2)3/h5-6,13H,7-12,14H2,1-4H3,(H,20,21). The quantitative estimate of drug-likeness (QED) is 0.884. The monoisotopic (exact) mass is 330 g/mol. The highest BCUT2D eigenvalue weighted by molar-refractivity contribution is 5.75. The molecule has 0 spiro atoms. The first-order chi connectivity index (χ1) is 11.5. The first-order valence-corrected chi connectivity index (χ1v) is 8.87. The van der Waals surface area contributed by atoms with Gasteiger partial charge in [-0.15, -0.1) is 0 Å². The summed E-state index contributed by atoms with van der Waals surface area (Å²) in [6.07, 6.45) is 3.17. The van der Waals surface area contributed by atoms with Crippen molar-refractivity contribution in [1.82, 2.24) is 19.8 Å². The fourth-order valence-corrected chi connectivity index (χ4v) is 3.75. The summed E-state index contributed by atoms with van der Waals surface area (Å²) in [4.78, 5) is 12.9. The molecule has 1 saturated heterocycles. The van der Waals surface area contributed by atoms with Crippen molar-refractivity contribution in [2.45, 2.75) is 31.8 Å². The van der Waals surface area contributed by atoms with Gasteiger partial charge in [0, 0.05) is 39.7 Å². The lowest BCUT2D eigenvalue weighted by Gasteiger charge is -2.42. The third-order valence-electron chi connectivity index (χ3n) is 5.16. The van der Waals surface area contributed by atoms with Gasteiger partial charge in [-0.05, 0) is 51.6 Å². The minimum Gasteiger partial charge on any atom is -0.377 e. The molecule has 0 saturated carbocycles. The molecule has 5 nitrogen and oxygen atoms in total. The maximum atomic E-state index is 5.86. The first-order valence-electron chi connectivity index (χ1n) is 8.87. The van der Waals surface area contributed by atoms with Crippen molar-refractivity contribution in [3.8, 4) is 0 Å². The molecule has 1 aromatic heterocycles. The minimum absolute atomic E-state index is 0.0247. The molecule has 1 fully saturated rings. The molecule has 0 amide bonds. The third-order valence-corrected chi connectivity index (χ3v) is 5.16. The van der Waals surface area contributed by atoms with Crippen molar-refractivity contribution < 1.29 is 4.74 Å². The molecule has 132 valence electrons. The zero-order valence-corrected chi connectivity index (χ0v) is 15.4. The average Bonchev–Trinajstić information content (AvgIpc) is 2.95. The van der Waals surface area contributed by atoms with Gasteiger partial charge in [-0.1, -0.05) is 6.07 Å². The van der Waals surface area contributed by atoms with E-state index in [9.17, 15) is 0 Å². The molecular formula is C19H30N4O. The van der Waals surface area contributed by atoms with E-state index in [1.807, 2.05) is 7.11 Å². The molecule has 1 aliphatic heterocycles. The Kier molecular flexibility index (Phi) is 5.23. The van der Waals surface area contributed by atoms with Crippen molar-refractivity contribution in [3.63, 3.8) is 0 Å². The van der Waals surface area contributed by atoms with E-state index in [0.29, 0.717) is 0 Å². The first kappa shape index (κ1) is 17.4. The van der Waals surface area contributed by atoms with E-state index >= 15 is 0 Å². The molecule has 1 aliphatic rings. The van der Waals surface area contributed by atoms with Crippen LogP contribution in [0.3, 0.4) is 0 Å². The molecule has 1 aromatic carbocycles. The van der Waals surface area contributed by atoms with Gasteiger partial charge in [-0.25, -0.2) is 4.98 Å². The number of likely N-dealkylation sites (N-methyl/N-ethyl adjacent to an activating group) is 1. The Morgan fingerprint density at radius 2 is 2.04 bits per heavy atom. The summed E-state index contributed by atoms with van der Waals surface area (Å²) in [5, 5.41) is 0. The molecular weight excluding hydrogens is 300 g/mol. The number of rotatable bonds is 6. The molecule has 0 bridgehead atoms. The Bertz CT molecular complexity index is 671. The number of methoxy groups -OCH3 is 1. The molecule has 0 atom stereocenters. The summed E-state index contributed by atoms with van der Waals surface area (Å²) in [7, 11) is 6.10. The maximum absolute atomic E-state index is 5.86. The Balaban J connectivity index is 1.54. The SMILES string of the molecule is COC1(CN(C)C)CCN(CCc2nc3ccc(C)cc3[nH]2)CC1. The van der Waals surface area contributed by atoms with E-state index in [-0.39, 0.29) is 5.60 Å². The number of piperidine rings is 1. The predicted octanol–water partition coefficient (Wildman–Crippen LogP) is 2.46. The third kappa shape index (κ3) is 3.97. The van der Waals surface area contributed by atoms with Crippen LogP contribution in [0.2, 0.25) is 0 Å². The van der Waals surface area contributed by atoms with E-state index in [4.69, 9.17) is 9.72 Å². The van der Waals surface area contributed by atoms with Gasteiger partial charge in [0.15, 0.2) is 0 Å². The highest BCUT2D eigenvalue weighted by Crippen LogP contribution is 2.26. The molecule has 0 aliphatic carbocycles. The van der Waals surface area contributed by atoms with Crippen LogP contribution in [-0.4, -0.2) is 72.8 Å². The number of hydrogen-bond acceptors (Lipinski definition) is 4. The zero-order chi connectivity index (χ0) is 17.2. The van der Waals surface area contributed by atoms with E-state index in [1.54, 1.807) is 0 Å². The van der Waals surface area contributed by atoms with Gasteiger partial charge in [0.2, 0.25) is 0 Å². The number of aromatic nitrogens is 2. The van der Waals surface area contributed by atoms with Gasteiger partial charge in [0.1, 0.15) is 5.82 Å². The summed E-state index contributed by atoms with van der Waals surface area (Å²) in [6, 6.07) is 6.38. The topological polar surface area (TPSA) is 44.4 Å². The van der Waals surface area contributed by atoms with Crippen LogP contribution in [0.25, 0.3) is 11.0 Å². The number of likely N-dealkylation sites (tertiary alicyclic amines) is 1. The summed E-state index contributed by atoms with van der Waals surface area (Å²) in [5.74, 6) is 1.09. The van der Waals surface area contributed by atoms with Crippen molar-refractivity contribution in [1.29, 1.82) is 0 Å². The van der Waals surface area contributed by atoms with Gasteiger partial charge in [0.25, 0.3) is 0 Å². The number of hydrogen-bond donors (Lipinski definition) is 1. The Morgan fingerprint density at radius 1 is 1.29 bits per heavy atom. The van der Waals surface area contributed by atoms with Gasteiger partial charge in [-0.3, -0.25) is 0 Å². The maximum Gasteiger partial charge on any atom is 0.108 e. The van der Waals surface area contributed by atoms with Crippen LogP contribution < -0.4 is 0 Å². The summed E-state index contributed by atoms with van der Waals surface area (Å²) in [6.45, 7) is 6.37. The van der Waals surface area contributed by atoms with Gasteiger partial charge < -0.3 is 19.5 Å².